The Morgan fingerprint density at radius 2 is 2.08 bits per heavy atom. The summed E-state index contributed by atoms with van der Waals surface area (Å²) in [5.74, 6) is 0.384. The first-order valence-electron chi connectivity index (χ1n) is 8.70. The number of carboxylic acid groups (broad SMARTS) is 1. The molecule has 0 radical (unpaired) electrons. The van der Waals surface area contributed by atoms with E-state index in [0.717, 1.165) is 30.7 Å². The predicted octanol–water partition coefficient (Wildman–Crippen LogP) is 3.12. The van der Waals surface area contributed by atoms with Crippen LogP contribution in [-0.2, 0) is 16.0 Å². The molecule has 0 spiro atoms. The average Bonchev–Trinajstić information content (AvgIpc) is 2.54. The van der Waals surface area contributed by atoms with Gasteiger partial charge in [0.15, 0.2) is 0 Å². The Morgan fingerprint density at radius 3 is 2.79 bits per heavy atom. The summed E-state index contributed by atoms with van der Waals surface area (Å²) < 4.78 is 5.78. The van der Waals surface area contributed by atoms with Gasteiger partial charge in [-0.1, -0.05) is 18.2 Å². The Balaban J connectivity index is 1.95. The van der Waals surface area contributed by atoms with E-state index in [0.29, 0.717) is 25.3 Å². The second-order valence-corrected chi connectivity index (χ2v) is 6.73. The summed E-state index contributed by atoms with van der Waals surface area (Å²) in [6, 6.07) is 7.66. The molecule has 1 atom stereocenters. The molecular formula is C19H27NO4. The van der Waals surface area contributed by atoms with Crippen molar-refractivity contribution < 1.29 is 19.4 Å². The number of aliphatic carboxylic acids is 1. The van der Waals surface area contributed by atoms with Crippen molar-refractivity contribution in [2.24, 2.45) is 5.92 Å². The van der Waals surface area contributed by atoms with Crippen LogP contribution in [-0.4, -0.2) is 41.1 Å². The molecule has 1 aromatic carbocycles. The van der Waals surface area contributed by atoms with Crippen molar-refractivity contribution in [1.29, 1.82) is 0 Å². The molecule has 1 N–H and O–H groups in total. The lowest BCUT2D eigenvalue weighted by Crippen LogP contribution is -2.40. The standard InChI is InChI=1S/C19H27NO4/c1-14(2)24-17-8-4-3-7-16(17)12-18(21)20-11-5-6-15(13-20)9-10-19(22)23/h3-4,7-8,14-15H,5-6,9-13H2,1-2H3,(H,22,23)/t15-/m1/s1. The van der Waals surface area contributed by atoms with Crippen LogP contribution in [0.2, 0.25) is 0 Å². The van der Waals surface area contributed by atoms with E-state index in [1.807, 2.05) is 43.0 Å². The highest BCUT2D eigenvalue weighted by Crippen LogP contribution is 2.24. The molecular weight excluding hydrogens is 306 g/mol. The van der Waals surface area contributed by atoms with Crippen molar-refractivity contribution in [1.82, 2.24) is 4.90 Å². The molecule has 1 heterocycles. The summed E-state index contributed by atoms with van der Waals surface area (Å²) in [6.45, 7) is 5.36. The Kier molecular flexibility index (Phi) is 6.64. The number of benzene rings is 1. The maximum atomic E-state index is 12.6. The van der Waals surface area contributed by atoms with E-state index < -0.39 is 5.97 Å². The molecule has 0 unspecified atom stereocenters. The lowest BCUT2D eigenvalue weighted by molar-refractivity contribution is -0.137. The lowest BCUT2D eigenvalue weighted by atomic mass is 9.93. The first kappa shape index (κ1) is 18.3. The molecule has 0 saturated carbocycles. The molecule has 0 aliphatic carbocycles. The van der Waals surface area contributed by atoms with Gasteiger partial charge in [-0.3, -0.25) is 9.59 Å². The van der Waals surface area contributed by atoms with Gasteiger partial charge < -0.3 is 14.7 Å². The summed E-state index contributed by atoms with van der Waals surface area (Å²) in [6.07, 6.45) is 3.17. The summed E-state index contributed by atoms with van der Waals surface area (Å²) in [7, 11) is 0. The van der Waals surface area contributed by atoms with Gasteiger partial charge in [-0.15, -0.1) is 0 Å². The number of nitrogens with zero attached hydrogens (tertiary/aromatic N) is 1. The smallest absolute Gasteiger partial charge is 0.303 e. The number of hydrogen-bond donors (Lipinski definition) is 1. The van der Waals surface area contributed by atoms with E-state index in [2.05, 4.69) is 0 Å². The molecule has 2 rings (SSSR count). The first-order chi connectivity index (χ1) is 11.5. The Morgan fingerprint density at radius 1 is 1.33 bits per heavy atom. The molecule has 1 aliphatic rings. The number of carboxylic acids is 1. The largest absolute Gasteiger partial charge is 0.491 e. The quantitative estimate of drug-likeness (QED) is 0.832. The SMILES string of the molecule is CC(C)Oc1ccccc1CC(=O)N1CCC[C@H](CCC(=O)O)C1. The van der Waals surface area contributed by atoms with Crippen molar-refractivity contribution in [2.45, 2.75) is 52.1 Å². The minimum atomic E-state index is -0.766. The fraction of sp³-hybridized carbons (Fsp3) is 0.579. The van der Waals surface area contributed by atoms with Crippen LogP contribution in [0.4, 0.5) is 0 Å². The highest BCUT2D eigenvalue weighted by atomic mass is 16.5. The number of likely N-dealkylation sites (tertiary alicyclic amines) is 1. The number of para-hydroxylation sites is 1. The van der Waals surface area contributed by atoms with E-state index in [4.69, 9.17) is 9.84 Å². The Bertz CT molecular complexity index is 570. The third-order valence-corrected chi connectivity index (χ3v) is 4.32. The van der Waals surface area contributed by atoms with Gasteiger partial charge in [0.1, 0.15) is 5.75 Å². The summed E-state index contributed by atoms with van der Waals surface area (Å²) in [5, 5.41) is 8.82. The van der Waals surface area contributed by atoms with Gasteiger partial charge in [-0.25, -0.2) is 0 Å². The minimum Gasteiger partial charge on any atom is -0.491 e. The summed E-state index contributed by atoms with van der Waals surface area (Å²) in [5.41, 5.74) is 0.906. The first-order valence-corrected chi connectivity index (χ1v) is 8.70. The van der Waals surface area contributed by atoms with Crippen LogP contribution in [0.3, 0.4) is 0 Å². The van der Waals surface area contributed by atoms with Crippen LogP contribution in [0, 0.1) is 5.92 Å². The van der Waals surface area contributed by atoms with E-state index in [9.17, 15) is 9.59 Å². The van der Waals surface area contributed by atoms with Crippen molar-refractivity contribution in [3.63, 3.8) is 0 Å². The van der Waals surface area contributed by atoms with Crippen molar-refractivity contribution in [3.8, 4) is 5.75 Å². The molecule has 1 amide bonds. The number of piperidine rings is 1. The second kappa shape index (κ2) is 8.71. The van der Waals surface area contributed by atoms with Gasteiger partial charge in [0.2, 0.25) is 5.91 Å². The molecule has 5 heteroatoms. The third kappa shape index (κ3) is 5.55. The number of ether oxygens (including phenoxy) is 1. The Hall–Kier alpha value is -2.04. The van der Waals surface area contributed by atoms with Gasteiger partial charge in [-0.2, -0.15) is 0 Å². The normalized spacial score (nSPS) is 17.8. The molecule has 5 nitrogen and oxygen atoms in total. The zero-order valence-corrected chi connectivity index (χ0v) is 14.5. The van der Waals surface area contributed by atoms with Gasteiger partial charge in [0.25, 0.3) is 0 Å². The number of hydrogen-bond acceptors (Lipinski definition) is 3. The van der Waals surface area contributed by atoms with Crippen LogP contribution in [0.15, 0.2) is 24.3 Å². The number of carbonyl (C=O) groups is 2. The minimum absolute atomic E-state index is 0.0663. The molecule has 1 fully saturated rings. The fourth-order valence-electron chi connectivity index (χ4n) is 3.15. The summed E-state index contributed by atoms with van der Waals surface area (Å²) >= 11 is 0. The molecule has 0 aromatic heterocycles. The lowest BCUT2D eigenvalue weighted by Gasteiger charge is -2.33. The zero-order valence-electron chi connectivity index (χ0n) is 14.5. The molecule has 1 aliphatic heterocycles. The fourth-order valence-corrected chi connectivity index (χ4v) is 3.15. The number of rotatable bonds is 7. The highest BCUT2D eigenvalue weighted by Gasteiger charge is 2.24. The third-order valence-electron chi connectivity index (χ3n) is 4.32. The zero-order chi connectivity index (χ0) is 17.5. The maximum Gasteiger partial charge on any atom is 0.303 e. The summed E-state index contributed by atoms with van der Waals surface area (Å²) in [4.78, 5) is 25.3. The van der Waals surface area contributed by atoms with Crippen LogP contribution >= 0.6 is 0 Å². The molecule has 1 aromatic rings. The molecule has 0 bridgehead atoms. The average molecular weight is 333 g/mol. The van der Waals surface area contributed by atoms with E-state index in [-0.39, 0.29) is 18.4 Å². The monoisotopic (exact) mass is 333 g/mol. The number of amides is 1. The topological polar surface area (TPSA) is 66.8 Å². The van der Waals surface area contributed by atoms with Crippen LogP contribution < -0.4 is 4.74 Å². The van der Waals surface area contributed by atoms with Gasteiger partial charge >= 0.3 is 5.97 Å². The molecule has 132 valence electrons. The molecule has 24 heavy (non-hydrogen) atoms. The van der Waals surface area contributed by atoms with E-state index in [1.54, 1.807) is 0 Å². The van der Waals surface area contributed by atoms with Crippen LogP contribution in [0.5, 0.6) is 5.75 Å². The van der Waals surface area contributed by atoms with Gasteiger partial charge in [0.05, 0.1) is 12.5 Å². The van der Waals surface area contributed by atoms with E-state index in [1.165, 1.54) is 0 Å². The highest BCUT2D eigenvalue weighted by molar-refractivity contribution is 5.79. The van der Waals surface area contributed by atoms with Crippen molar-refractivity contribution >= 4 is 11.9 Å². The number of carbonyl (C=O) groups excluding carboxylic acids is 1. The maximum absolute atomic E-state index is 12.6. The van der Waals surface area contributed by atoms with Gasteiger partial charge in [0, 0.05) is 25.1 Å². The Labute approximate surface area is 143 Å². The van der Waals surface area contributed by atoms with Crippen molar-refractivity contribution in [2.75, 3.05) is 13.1 Å². The van der Waals surface area contributed by atoms with Crippen LogP contribution in [0.25, 0.3) is 0 Å². The predicted molar refractivity (Wildman–Crippen MR) is 92.1 cm³/mol. The second-order valence-electron chi connectivity index (χ2n) is 6.73. The van der Waals surface area contributed by atoms with Gasteiger partial charge in [-0.05, 0) is 45.1 Å². The molecule has 1 saturated heterocycles. The van der Waals surface area contributed by atoms with Crippen molar-refractivity contribution in [3.05, 3.63) is 29.8 Å². The van der Waals surface area contributed by atoms with E-state index >= 15 is 0 Å². The van der Waals surface area contributed by atoms with Crippen LogP contribution in [0.1, 0.15) is 45.1 Å².